The fourth-order valence-corrected chi connectivity index (χ4v) is 2.49. The Balaban J connectivity index is 1.75. The van der Waals surface area contributed by atoms with Gasteiger partial charge in [-0.15, -0.1) is 0 Å². The summed E-state index contributed by atoms with van der Waals surface area (Å²) in [5, 5.41) is 4.45. The molecule has 0 unspecified atom stereocenters. The van der Waals surface area contributed by atoms with Crippen molar-refractivity contribution in [2.24, 2.45) is 0 Å². The van der Waals surface area contributed by atoms with Gasteiger partial charge in [0.1, 0.15) is 17.1 Å². The van der Waals surface area contributed by atoms with Gasteiger partial charge in [-0.3, -0.25) is 0 Å². The third kappa shape index (κ3) is 2.65. The maximum atomic E-state index is 5.77. The number of halogens is 1. The van der Waals surface area contributed by atoms with Gasteiger partial charge < -0.3 is 14.5 Å². The van der Waals surface area contributed by atoms with Crippen LogP contribution in [0.4, 0.5) is 5.69 Å². The summed E-state index contributed by atoms with van der Waals surface area (Å²) in [6.07, 6.45) is 0. The highest BCUT2D eigenvalue weighted by Crippen LogP contribution is 2.28. The zero-order chi connectivity index (χ0) is 13.9. The molecule has 3 rings (SSSR count). The predicted octanol–water partition coefficient (Wildman–Crippen LogP) is 4.82. The van der Waals surface area contributed by atoms with Gasteiger partial charge in [0.2, 0.25) is 0 Å². The average Bonchev–Trinajstić information content (AvgIpc) is 2.89. The molecule has 0 aliphatic rings. The molecule has 2 aromatic carbocycles. The third-order valence-corrected chi connectivity index (χ3v) is 3.75. The smallest absolute Gasteiger partial charge is 0.135 e. The van der Waals surface area contributed by atoms with Crippen LogP contribution in [-0.4, -0.2) is 7.11 Å². The maximum Gasteiger partial charge on any atom is 0.135 e. The lowest BCUT2D eigenvalue weighted by Gasteiger charge is -2.08. The minimum absolute atomic E-state index is 0.638. The number of hydrogen-bond acceptors (Lipinski definition) is 3. The molecule has 0 fully saturated rings. The summed E-state index contributed by atoms with van der Waals surface area (Å²) in [7, 11) is 1.66. The minimum atomic E-state index is 0.638. The van der Waals surface area contributed by atoms with Crippen molar-refractivity contribution in [3.63, 3.8) is 0 Å². The first kappa shape index (κ1) is 13.1. The normalized spacial score (nSPS) is 10.7. The van der Waals surface area contributed by atoms with Crippen molar-refractivity contribution in [2.75, 3.05) is 12.4 Å². The Morgan fingerprint density at radius 3 is 2.80 bits per heavy atom. The second-order valence-electron chi connectivity index (χ2n) is 4.45. The number of furan rings is 1. The van der Waals surface area contributed by atoms with Crippen LogP contribution in [-0.2, 0) is 6.54 Å². The largest absolute Gasteiger partial charge is 0.495 e. The van der Waals surface area contributed by atoms with Crippen molar-refractivity contribution in [1.82, 2.24) is 0 Å². The number of rotatable bonds is 4. The minimum Gasteiger partial charge on any atom is -0.495 e. The zero-order valence-electron chi connectivity index (χ0n) is 11.0. The van der Waals surface area contributed by atoms with Gasteiger partial charge in [0.25, 0.3) is 0 Å². The van der Waals surface area contributed by atoms with E-state index in [-0.39, 0.29) is 0 Å². The number of nitrogens with one attached hydrogen (secondary N) is 1. The van der Waals surface area contributed by atoms with Crippen molar-refractivity contribution in [3.8, 4) is 5.75 Å². The van der Waals surface area contributed by atoms with E-state index < -0.39 is 0 Å². The molecular weight excluding hydrogens is 318 g/mol. The van der Waals surface area contributed by atoms with E-state index in [4.69, 9.17) is 9.15 Å². The fourth-order valence-electron chi connectivity index (χ4n) is 2.08. The Bertz CT molecular complexity index is 703. The molecule has 0 amide bonds. The fraction of sp³-hybridized carbons (Fsp3) is 0.125. The van der Waals surface area contributed by atoms with Crippen molar-refractivity contribution in [3.05, 3.63) is 58.8 Å². The summed E-state index contributed by atoms with van der Waals surface area (Å²) in [6, 6.07) is 16.0. The van der Waals surface area contributed by atoms with Gasteiger partial charge in [-0.1, -0.05) is 18.2 Å². The lowest BCUT2D eigenvalue weighted by atomic mass is 10.2. The Hall–Kier alpha value is -1.94. The summed E-state index contributed by atoms with van der Waals surface area (Å²) in [6.45, 7) is 0.638. The first-order valence-corrected chi connectivity index (χ1v) is 7.10. The molecule has 4 heteroatoms. The molecule has 3 aromatic rings. The second kappa shape index (κ2) is 5.59. The maximum absolute atomic E-state index is 5.77. The van der Waals surface area contributed by atoms with Crippen LogP contribution in [0.1, 0.15) is 5.76 Å². The molecule has 0 bridgehead atoms. The zero-order valence-corrected chi connectivity index (χ0v) is 12.6. The SMILES string of the molecule is COc1cc(NCc2cc3ccccc3o2)ccc1Br. The number of fused-ring (bicyclic) bond motifs is 1. The van der Waals surface area contributed by atoms with E-state index in [0.717, 1.165) is 32.6 Å². The van der Waals surface area contributed by atoms with Crippen LogP contribution in [0.3, 0.4) is 0 Å². The van der Waals surface area contributed by atoms with Crippen LogP contribution in [0.2, 0.25) is 0 Å². The van der Waals surface area contributed by atoms with Crippen LogP contribution in [0, 0.1) is 0 Å². The molecule has 1 N–H and O–H groups in total. The molecule has 0 atom stereocenters. The lowest BCUT2D eigenvalue weighted by Crippen LogP contribution is -1.98. The number of ether oxygens (including phenoxy) is 1. The van der Waals surface area contributed by atoms with E-state index in [0.29, 0.717) is 6.54 Å². The highest BCUT2D eigenvalue weighted by atomic mass is 79.9. The Kier molecular flexibility index (Phi) is 3.65. The van der Waals surface area contributed by atoms with E-state index >= 15 is 0 Å². The summed E-state index contributed by atoms with van der Waals surface area (Å²) >= 11 is 3.44. The first-order valence-electron chi connectivity index (χ1n) is 6.31. The van der Waals surface area contributed by atoms with Crippen LogP contribution >= 0.6 is 15.9 Å². The van der Waals surface area contributed by atoms with Crippen molar-refractivity contribution in [1.29, 1.82) is 0 Å². The number of benzene rings is 2. The van der Waals surface area contributed by atoms with Crippen molar-refractivity contribution >= 4 is 32.6 Å². The van der Waals surface area contributed by atoms with E-state index in [1.54, 1.807) is 7.11 Å². The Morgan fingerprint density at radius 2 is 2.00 bits per heavy atom. The van der Waals surface area contributed by atoms with E-state index in [2.05, 4.69) is 27.3 Å². The lowest BCUT2D eigenvalue weighted by molar-refractivity contribution is 0.412. The molecule has 20 heavy (non-hydrogen) atoms. The number of hydrogen-bond donors (Lipinski definition) is 1. The molecule has 0 saturated heterocycles. The van der Waals surface area contributed by atoms with Gasteiger partial charge in [-0.25, -0.2) is 0 Å². The molecule has 0 aliphatic heterocycles. The van der Waals surface area contributed by atoms with Gasteiger partial charge in [-0.2, -0.15) is 0 Å². The summed E-state index contributed by atoms with van der Waals surface area (Å²) in [4.78, 5) is 0. The Morgan fingerprint density at radius 1 is 1.15 bits per heavy atom. The van der Waals surface area contributed by atoms with Crippen LogP contribution in [0.5, 0.6) is 5.75 Å². The molecular formula is C16H14BrNO2. The highest BCUT2D eigenvalue weighted by Gasteiger charge is 2.04. The molecule has 1 aromatic heterocycles. The second-order valence-corrected chi connectivity index (χ2v) is 5.31. The monoisotopic (exact) mass is 331 g/mol. The van der Waals surface area contributed by atoms with Crippen molar-refractivity contribution in [2.45, 2.75) is 6.54 Å². The molecule has 102 valence electrons. The summed E-state index contributed by atoms with van der Waals surface area (Å²) in [5.74, 6) is 1.72. The molecule has 0 spiro atoms. The van der Waals surface area contributed by atoms with E-state index in [1.807, 2.05) is 42.5 Å². The number of para-hydroxylation sites is 1. The van der Waals surface area contributed by atoms with E-state index in [9.17, 15) is 0 Å². The van der Waals surface area contributed by atoms with Gasteiger partial charge in [-0.05, 0) is 40.2 Å². The van der Waals surface area contributed by atoms with Gasteiger partial charge in [0, 0.05) is 17.1 Å². The van der Waals surface area contributed by atoms with Crippen molar-refractivity contribution < 1.29 is 9.15 Å². The third-order valence-electron chi connectivity index (χ3n) is 3.09. The van der Waals surface area contributed by atoms with Gasteiger partial charge in [0.15, 0.2) is 0 Å². The quantitative estimate of drug-likeness (QED) is 0.744. The topological polar surface area (TPSA) is 34.4 Å². The molecule has 3 nitrogen and oxygen atoms in total. The average molecular weight is 332 g/mol. The molecule has 0 aliphatic carbocycles. The van der Waals surface area contributed by atoms with Crippen LogP contribution in [0.15, 0.2) is 57.4 Å². The predicted molar refractivity (Wildman–Crippen MR) is 84.2 cm³/mol. The molecule has 0 saturated carbocycles. The van der Waals surface area contributed by atoms with Crippen LogP contribution in [0.25, 0.3) is 11.0 Å². The van der Waals surface area contributed by atoms with E-state index in [1.165, 1.54) is 0 Å². The standard InChI is InChI=1S/C16H14BrNO2/c1-19-16-9-12(6-7-14(16)17)18-10-13-8-11-4-2-3-5-15(11)20-13/h2-9,18H,10H2,1H3. The van der Waals surface area contributed by atoms with Crippen LogP contribution < -0.4 is 10.1 Å². The summed E-state index contributed by atoms with van der Waals surface area (Å²) in [5.41, 5.74) is 1.91. The van der Waals surface area contributed by atoms with Gasteiger partial charge >= 0.3 is 0 Å². The molecule has 1 heterocycles. The molecule has 0 radical (unpaired) electrons. The van der Waals surface area contributed by atoms with Gasteiger partial charge in [0.05, 0.1) is 18.1 Å². The number of methoxy groups -OCH3 is 1. The number of anilines is 1. The first-order chi connectivity index (χ1) is 9.76. The highest BCUT2D eigenvalue weighted by molar-refractivity contribution is 9.10. The Labute approximate surface area is 125 Å². The summed E-state index contributed by atoms with van der Waals surface area (Å²) < 4.78 is 12.0.